The normalized spacial score (nSPS) is 23.0. The molecule has 0 fully saturated rings. The van der Waals surface area contributed by atoms with E-state index in [-0.39, 0.29) is 0 Å². The maximum Gasteiger partial charge on any atom is 0.157 e. The van der Waals surface area contributed by atoms with E-state index in [1.807, 2.05) is 11.8 Å². The fraction of sp³-hybridized carbons (Fsp3) is 0.917. The third-order valence-corrected chi connectivity index (χ3v) is 3.73. The minimum absolute atomic E-state index is 0.500. The average Bonchev–Trinajstić information content (AvgIpc) is 2.50. The number of nitrogens with one attached hydrogen (secondary N) is 1. The van der Waals surface area contributed by atoms with Crippen molar-refractivity contribution in [1.29, 1.82) is 0 Å². The zero-order valence-electron chi connectivity index (χ0n) is 10.4. The Kier molecular flexibility index (Phi) is 5.51. The average molecular weight is 228 g/mol. The smallest absolute Gasteiger partial charge is 0.157 e. The molecule has 3 heteroatoms. The van der Waals surface area contributed by atoms with Gasteiger partial charge in [0, 0.05) is 11.8 Å². The fourth-order valence-corrected chi connectivity index (χ4v) is 2.68. The van der Waals surface area contributed by atoms with Crippen molar-refractivity contribution in [2.24, 2.45) is 10.9 Å². The Balaban J connectivity index is 2.13. The Labute approximate surface area is 98.3 Å². The second kappa shape index (κ2) is 6.41. The highest BCUT2D eigenvalue weighted by Crippen LogP contribution is 2.17. The zero-order chi connectivity index (χ0) is 11.3. The van der Waals surface area contributed by atoms with E-state index in [9.17, 15) is 0 Å². The molecule has 1 N–H and O–H groups in total. The summed E-state index contributed by atoms with van der Waals surface area (Å²) >= 11 is 1.86. The maximum atomic E-state index is 4.54. The number of amidine groups is 1. The molecule has 0 spiro atoms. The molecule has 0 aromatic carbocycles. The quantitative estimate of drug-likeness (QED) is 0.781. The van der Waals surface area contributed by atoms with Gasteiger partial charge in [0.05, 0.1) is 6.04 Å². The number of hydrogen-bond donors (Lipinski definition) is 1. The lowest BCUT2D eigenvalue weighted by atomic mass is 10.0. The van der Waals surface area contributed by atoms with E-state index < -0.39 is 0 Å². The summed E-state index contributed by atoms with van der Waals surface area (Å²) in [6.45, 7) is 9.00. The lowest BCUT2D eigenvalue weighted by Gasteiger charge is -2.14. The number of aliphatic imine (C=N–C) groups is 1. The summed E-state index contributed by atoms with van der Waals surface area (Å²) in [6.07, 6.45) is 3.91. The van der Waals surface area contributed by atoms with Crippen molar-refractivity contribution in [3.05, 3.63) is 0 Å². The van der Waals surface area contributed by atoms with Gasteiger partial charge in [0.2, 0.25) is 0 Å². The van der Waals surface area contributed by atoms with Crippen LogP contribution in [-0.4, -0.2) is 23.0 Å². The minimum atomic E-state index is 0.500. The van der Waals surface area contributed by atoms with Crippen molar-refractivity contribution >= 4 is 16.9 Å². The molecule has 2 atom stereocenters. The van der Waals surface area contributed by atoms with Crippen molar-refractivity contribution in [1.82, 2.24) is 5.32 Å². The molecule has 88 valence electrons. The lowest BCUT2D eigenvalue weighted by Crippen LogP contribution is -2.29. The van der Waals surface area contributed by atoms with Crippen LogP contribution >= 0.6 is 11.8 Å². The SMILES string of the molecule is CC(C)CCCC(C)NC1=NC(C)CS1. The molecule has 0 saturated carbocycles. The second-order valence-corrected chi connectivity index (χ2v) is 5.97. The van der Waals surface area contributed by atoms with Crippen LogP contribution in [0.3, 0.4) is 0 Å². The Morgan fingerprint density at radius 1 is 1.40 bits per heavy atom. The van der Waals surface area contributed by atoms with Gasteiger partial charge in [-0.05, 0) is 26.2 Å². The molecule has 0 radical (unpaired) electrons. The highest BCUT2D eigenvalue weighted by atomic mass is 32.2. The highest BCUT2D eigenvalue weighted by Gasteiger charge is 2.15. The summed E-state index contributed by atoms with van der Waals surface area (Å²) in [5.41, 5.74) is 0. The van der Waals surface area contributed by atoms with Gasteiger partial charge in [0.25, 0.3) is 0 Å². The molecule has 1 aliphatic heterocycles. The van der Waals surface area contributed by atoms with Crippen LogP contribution < -0.4 is 5.32 Å². The first-order valence-electron chi connectivity index (χ1n) is 6.05. The topological polar surface area (TPSA) is 24.4 Å². The lowest BCUT2D eigenvalue weighted by molar-refractivity contribution is 0.495. The first-order valence-corrected chi connectivity index (χ1v) is 7.03. The van der Waals surface area contributed by atoms with Crippen molar-refractivity contribution < 1.29 is 0 Å². The van der Waals surface area contributed by atoms with Crippen LogP contribution in [0.4, 0.5) is 0 Å². The number of nitrogens with zero attached hydrogens (tertiary/aromatic N) is 1. The van der Waals surface area contributed by atoms with Gasteiger partial charge in [-0.15, -0.1) is 0 Å². The van der Waals surface area contributed by atoms with Crippen LogP contribution in [0.25, 0.3) is 0 Å². The van der Waals surface area contributed by atoms with Gasteiger partial charge in [-0.25, -0.2) is 0 Å². The third-order valence-electron chi connectivity index (χ3n) is 2.59. The summed E-state index contributed by atoms with van der Waals surface area (Å²) in [6, 6.07) is 1.07. The summed E-state index contributed by atoms with van der Waals surface area (Å²) in [5, 5.41) is 4.65. The van der Waals surface area contributed by atoms with E-state index in [1.54, 1.807) is 0 Å². The molecule has 0 bridgehead atoms. The number of hydrogen-bond acceptors (Lipinski definition) is 3. The van der Waals surface area contributed by atoms with E-state index in [0.29, 0.717) is 12.1 Å². The van der Waals surface area contributed by atoms with E-state index in [1.165, 1.54) is 19.3 Å². The molecule has 2 nitrogen and oxygen atoms in total. The van der Waals surface area contributed by atoms with Crippen LogP contribution in [0.15, 0.2) is 4.99 Å². The maximum absolute atomic E-state index is 4.54. The molecule has 0 aromatic rings. The van der Waals surface area contributed by atoms with E-state index in [4.69, 9.17) is 0 Å². The first-order chi connectivity index (χ1) is 7.08. The Bertz CT molecular complexity index is 214. The molecule has 2 unspecified atom stereocenters. The summed E-state index contributed by atoms with van der Waals surface area (Å²) in [5.74, 6) is 1.97. The molecular formula is C12H24N2S. The molecule has 1 rings (SSSR count). The van der Waals surface area contributed by atoms with Gasteiger partial charge in [-0.2, -0.15) is 0 Å². The highest BCUT2D eigenvalue weighted by molar-refractivity contribution is 8.14. The minimum Gasteiger partial charge on any atom is -0.362 e. The third kappa shape index (κ3) is 5.45. The molecule has 0 aromatic heterocycles. The van der Waals surface area contributed by atoms with E-state index in [2.05, 4.69) is 38.0 Å². The van der Waals surface area contributed by atoms with Crippen LogP contribution in [0.2, 0.25) is 0 Å². The first kappa shape index (κ1) is 12.9. The summed E-state index contributed by atoms with van der Waals surface area (Å²) < 4.78 is 0. The van der Waals surface area contributed by atoms with Crippen LogP contribution in [0.1, 0.15) is 47.0 Å². The molecular weight excluding hydrogens is 204 g/mol. The molecule has 1 heterocycles. The largest absolute Gasteiger partial charge is 0.362 e. The standard InChI is InChI=1S/C12H24N2S/c1-9(2)6-5-7-10(3)13-12-14-11(4)8-15-12/h9-11H,5-8H2,1-4H3,(H,13,14). The van der Waals surface area contributed by atoms with E-state index in [0.717, 1.165) is 16.8 Å². The number of thioether (sulfide) groups is 1. The Morgan fingerprint density at radius 2 is 2.13 bits per heavy atom. The summed E-state index contributed by atoms with van der Waals surface area (Å²) in [4.78, 5) is 4.54. The molecule has 0 saturated heterocycles. The van der Waals surface area contributed by atoms with Gasteiger partial charge in [0.1, 0.15) is 0 Å². The van der Waals surface area contributed by atoms with Crippen molar-refractivity contribution in [2.45, 2.75) is 59.0 Å². The predicted octanol–water partition coefficient (Wildman–Crippen LogP) is 3.28. The van der Waals surface area contributed by atoms with E-state index >= 15 is 0 Å². The molecule has 15 heavy (non-hydrogen) atoms. The molecule has 1 aliphatic rings. The van der Waals surface area contributed by atoms with Crippen LogP contribution in [0.5, 0.6) is 0 Å². The van der Waals surface area contributed by atoms with Gasteiger partial charge in [-0.1, -0.05) is 38.5 Å². The van der Waals surface area contributed by atoms with Crippen LogP contribution in [0, 0.1) is 5.92 Å². The Morgan fingerprint density at radius 3 is 2.67 bits per heavy atom. The summed E-state index contributed by atoms with van der Waals surface area (Å²) in [7, 11) is 0. The molecule has 0 amide bonds. The molecule has 0 aliphatic carbocycles. The van der Waals surface area contributed by atoms with Gasteiger partial charge < -0.3 is 5.32 Å². The van der Waals surface area contributed by atoms with Gasteiger partial charge in [0.15, 0.2) is 5.17 Å². The van der Waals surface area contributed by atoms with Crippen LogP contribution in [-0.2, 0) is 0 Å². The van der Waals surface area contributed by atoms with Gasteiger partial charge in [-0.3, -0.25) is 4.99 Å². The second-order valence-electron chi connectivity index (χ2n) is 4.96. The van der Waals surface area contributed by atoms with Gasteiger partial charge >= 0.3 is 0 Å². The predicted molar refractivity (Wildman–Crippen MR) is 70.6 cm³/mol. The van der Waals surface area contributed by atoms with Crippen molar-refractivity contribution in [2.75, 3.05) is 5.75 Å². The zero-order valence-corrected chi connectivity index (χ0v) is 11.2. The monoisotopic (exact) mass is 228 g/mol. The Hall–Kier alpha value is -0.180. The van der Waals surface area contributed by atoms with Crippen molar-refractivity contribution in [3.8, 4) is 0 Å². The number of rotatable bonds is 5. The fourth-order valence-electron chi connectivity index (χ4n) is 1.67. The van der Waals surface area contributed by atoms with Crippen molar-refractivity contribution in [3.63, 3.8) is 0 Å².